The van der Waals surface area contributed by atoms with Crippen molar-refractivity contribution in [3.63, 3.8) is 0 Å². The zero-order valence-electron chi connectivity index (χ0n) is 15.1. The molecule has 1 fully saturated rings. The summed E-state index contributed by atoms with van der Waals surface area (Å²) >= 11 is 11.9. The molecule has 0 saturated carbocycles. The molecular formula is C20H18Cl2N2O4. The van der Waals surface area contributed by atoms with E-state index in [4.69, 9.17) is 27.9 Å². The molecule has 2 aromatic carbocycles. The highest BCUT2D eigenvalue weighted by Gasteiger charge is 2.36. The van der Waals surface area contributed by atoms with Crippen LogP contribution in [0.25, 0.3) is 0 Å². The van der Waals surface area contributed by atoms with Gasteiger partial charge in [0.15, 0.2) is 6.61 Å². The van der Waals surface area contributed by atoms with Crippen LogP contribution in [0.5, 0.6) is 0 Å². The second-order valence-electron chi connectivity index (χ2n) is 6.50. The predicted octanol–water partition coefficient (Wildman–Crippen LogP) is 3.84. The third kappa shape index (κ3) is 4.82. The molecule has 0 aliphatic carbocycles. The average molecular weight is 421 g/mol. The number of ether oxygens (including phenoxy) is 1. The lowest BCUT2D eigenvalue weighted by atomic mass is 10.1. The molecule has 1 atom stereocenters. The van der Waals surface area contributed by atoms with Gasteiger partial charge in [0.25, 0.3) is 5.91 Å². The third-order valence-corrected chi connectivity index (χ3v) is 5.06. The fourth-order valence-electron chi connectivity index (χ4n) is 2.86. The minimum atomic E-state index is -0.621. The Kier molecular flexibility index (Phi) is 6.21. The second-order valence-corrected chi connectivity index (χ2v) is 7.35. The van der Waals surface area contributed by atoms with Crippen LogP contribution in [0.4, 0.5) is 11.4 Å². The summed E-state index contributed by atoms with van der Waals surface area (Å²) in [5, 5.41) is 3.71. The summed E-state index contributed by atoms with van der Waals surface area (Å²) in [7, 11) is 0. The molecule has 1 saturated heterocycles. The zero-order chi connectivity index (χ0) is 20.3. The van der Waals surface area contributed by atoms with E-state index in [1.807, 2.05) is 6.92 Å². The molecule has 2 amide bonds. The molecule has 2 aromatic rings. The number of anilines is 2. The Morgan fingerprint density at radius 1 is 1.18 bits per heavy atom. The van der Waals surface area contributed by atoms with E-state index in [1.54, 1.807) is 42.5 Å². The fraction of sp³-hybridized carbons (Fsp3) is 0.250. The number of esters is 1. The van der Waals surface area contributed by atoms with Gasteiger partial charge in [-0.25, -0.2) is 0 Å². The van der Waals surface area contributed by atoms with Gasteiger partial charge in [-0.2, -0.15) is 0 Å². The van der Waals surface area contributed by atoms with Crippen LogP contribution in [0.3, 0.4) is 0 Å². The number of halogens is 2. The van der Waals surface area contributed by atoms with Gasteiger partial charge in [-0.15, -0.1) is 0 Å². The molecule has 28 heavy (non-hydrogen) atoms. The van der Waals surface area contributed by atoms with E-state index in [1.165, 1.54) is 4.90 Å². The van der Waals surface area contributed by atoms with E-state index in [-0.39, 0.29) is 18.9 Å². The number of carbonyl (C=O) groups excluding carboxylic acids is 3. The molecular weight excluding hydrogens is 403 g/mol. The predicted molar refractivity (Wildman–Crippen MR) is 108 cm³/mol. The molecule has 0 aromatic heterocycles. The summed E-state index contributed by atoms with van der Waals surface area (Å²) < 4.78 is 5.08. The van der Waals surface area contributed by atoms with E-state index in [9.17, 15) is 14.4 Å². The Bertz CT molecular complexity index is 915. The molecule has 1 aliphatic heterocycles. The first-order valence-corrected chi connectivity index (χ1v) is 9.37. The molecule has 0 radical (unpaired) electrons. The van der Waals surface area contributed by atoms with Crippen LogP contribution in [0.2, 0.25) is 10.0 Å². The van der Waals surface area contributed by atoms with Crippen molar-refractivity contribution < 1.29 is 19.1 Å². The summed E-state index contributed by atoms with van der Waals surface area (Å²) in [6, 6.07) is 11.9. The Morgan fingerprint density at radius 2 is 1.89 bits per heavy atom. The van der Waals surface area contributed by atoms with E-state index < -0.39 is 24.4 Å². The quantitative estimate of drug-likeness (QED) is 0.745. The highest BCUT2D eigenvalue weighted by Crippen LogP contribution is 2.27. The number of hydrogen-bond acceptors (Lipinski definition) is 4. The summed E-state index contributed by atoms with van der Waals surface area (Å²) in [6.45, 7) is 1.62. The number of hydrogen-bond donors (Lipinski definition) is 1. The lowest BCUT2D eigenvalue weighted by molar-refractivity contribution is -0.151. The van der Waals surface area contributed by atoms with E-state index in [0.717, 1.165) is 5.56 Å². The van der Waals surface area contributed by atoms with Crippen LogP contribution in [0.1, 0.15) is 12.0 Å². The zero-order valence-corrected chi connectivity index (χ0v) is 16.6. The van der Waals surface area contributed by atoms with Gasteiger partial charge in [0.05, 0.1) is 5.92 Å². The molecule has 1 heterocycles. The van der Waals surface area contributed by atoms with Gasteiger partial charge in [0.1, 0.15) is 0 Å². The van der Waals surface area contributed by atoms with Crippen molar-refractivity contribution in [1.29, 1.82) is 0 Å². The number of rotatable bonds is 5. The normalized spacial score (nSPS) is 16.2. The molecule has 1 N–H and O–H groups in total. The molecule has 0 bridgehead atoms. The van der Waals surface area contributed by atoms with E-state index >= 15 is 0 Å². The SMILES string of the molecule is Cc1ccc(NC(=O)COC(=O)[C@@H]2CC(=O)N(c3ccc(Cl)cc3)C2)cc1Cl. The molecule has 8 heteroatoms. The van der Waals surface area contributed by atoms with Gasteiger partial charge in [-0.05, 0) is 48.9 Å². The van der Waals surface area contributed by atoms with Crippen LogP contribution in [0.15, 0.2) is 42.5 Å². The largest absolute Gasteiger partial charge is 0.455 e. The molecule has 1 aliphatic rings. The van der Waals surface area contributed by atoms with Crippen LogP contribution < -0.4 is 10.2 Å². The van der Waals surface area contributed by atoms with E-state index in [2.05, 4.69) is 5.32 Å². The first-order chi connectivity index (χ1) is 13.3. The van der Waals surface area contributed by atoms with Crippen molar-refractivity contribution in [2.45, 2.75) is 13.3 Å². The summed E-state index contributed by atoms with van der Waals surface area (Å²) in [4.78, 5) is 38.0. The van der Waals surface area contributed by atoms with Crippen molar-refractivity contribution in [3.8, 4) is 0 Å². The third-order valence-electron chi connectivity index (χ3n) is 4.40. The number of aryl methyl sites for hydroxylation is 1. The first kappa shape index (κ1) is 20.2. The number of amides is 2. The van der Waals surface area contributed by atoms with Crippen LogP contribution in [-0.4, -0.2) is 30.9 Å². The maximum atomic E-state index is 12.3. The Morgan fingerprint density at radius 3 is 2.57 bits per heavy atom. The Balaban J connectivity index is 1.52. The highest BCUT2D eigenvalue weighted by molar-refractivity contribution is 6.31. The summed E-state index contributed by atoms with van der Waals surface area (Å²) in [5.41, 5.74) is 2.07. The minimum Gasteiger partial charge on any atom is -0.455 e. The Hall–Kier alpha value is -2.57. The summed E-state index contributed by atoms with van der Waals surface area (Å²) in [6.07, 6.45) is 0.0383. The first-order valence-electron chi connectivity index (χ1n) is 8.62. The monoisotopic (exact) mass is 420 g/mol. The van der Waals surface area contributed by atoms with Crippen molar-refractivity contribution in [3.05, 3.63) is 58.1 Å². The molecule has 6 nitrogen and oxygen atoms in total. The van der Waals surface area contributed by atoms with Gasteiger partial charge in [0, 0.05) is 34.4 Å². The van der Waals surface area contributed by atoms with Gasteiger partial charge in [-0.3, -0.25) is 14.4 Å². The number of benzene rings is 2. The smallest absolute Gasteiger partial charge is 0.311 e. The maximum Gasteiger partial charge on any atom is 0.311 e. The maximum absolute atomic E-state index is 12.3. The number of nitrogens with one attached hydrogen (secondary N) is 1. The summed E-state index contributed by atoms with van der Waals surface area (Å²) in [5.74, 6) is -1.86. The fourth-order valence-corrected chi connectivity index (χ4v) is 3.16. The lowest BCUT2D eigenvalue weighted by Crippen LogP contribution is -2.28. The van der Waals surface area contributed by atoms with Crippen molar-refractivity contribution >= 4 is 52.4 Å². The molecule has 0 unspecified atom stereocenters. The Labute approximate surface area is 172 Å². The second kappa shape index (κ2) is 8.63. The van der Waals surface area contributed by atoms with Gasteiger partial charge in [0.2, 0.25) is 5.91 Å². The van der Waals surface area contributed by atoms with Crippen molar-refractivity contribution in [2.24, 2.45) is 5.92 Å². The van der Waals surface area contributed by atoms with Gasteiger partial charge >= 0.3 is 5.97 Å². The average Bonchev–Trinajstić information content (AvgIpc) is 3.05. The molecule has 146 valence electrons. The van der Waals surface area contributed by atoms with Crippen molar-refractivity contribution in [1.82, 2.24) is 0 Å². The van der Waals surface area contributed by atoms with E-state index in [0.29, 0.717) is 21.4 Å². The number of carbonyl (C=O) groups is 3. The van der Waals surface area contributed by atoms with Gasteiger partial charge in [-0.1, -0.05) is 29.3 Å². The topological polar surface area (TPSA) is 75.7 Å². The van der Waals surface area contributed by atoms with Gasteiger partial charge < -0.3 is 15.0 Å². The lowest BCUT2D eigenvalue weighted by Gasteiger charge is -2.16. The number of nitrogens with zero attached hydrogens (tertiary/aromatic N) is 1. The van der Waals surface area contributed by atoms with Crippen molar-refractivity contribution in [2.75, 3.05) is 23.4 Å². The molecule has 3 rings (SSSR count). The highest BCUT2D eigenvalue weighted by atomic mass is 35.5. The van der Waals surface area contributed by atoms with Crippen LogP contribution in [0, 0.1) is 12.8 Å². The van der Waals surface area contributed by atoms with Crippen LogP contribution >= 0.6 is 23.2 Å². The minimum absolute atomic E-state index is 0.0383. The van der Waals surface area contributed by atoms with Crippen LogP contribution in [-0.2, 0) is 19.1 Å². The standard InChI is InChI=1S/C20H18Cl2N2O4/c1-12-2-5-15(9-17(12)22)23-18(25)11-28-20(27)13-8-19(26)24(10-13)16-6-3-14(21)4-7-16/h2-7,9,13H,8,10-11H2,1H3,(H,23,25)/t13-/m1/s1. The molecule has 0 spiro atoms.